The van der Waals surface area contributed by atoms with Gasteiger partial charge in [0.25, 0.3) is 0 Å². The number of pyridine rings is 1. The Morgan fingerprint density at radius 1 is 1.12 bits per heavy atom. The minimum atomic E-state index is -0.0547. The SMILES string of the molecule is Nc1ccc(CC(=O)Nc2ccncc2)cc1. The van der Waals surface area contributed by atoms with Gasteiger partial charge in [0.1, 0.15) is 0 Å². The standard InChI is InChI=1S/C13H13N3O/c14-11-3-1-10(2-4-11)9-13(17)16-12-5-7-15-8-6-12/h1-8H,9,14H2,(H,15,16,17). The number of nitrogens with one attached hydrogen (secondary N) is 1. The Kier molecular flexibility index (Phi) is 3.35. The molecular weight excluding hydrogens is 214 g/mol. The molecule has 0 atom stereocenters. The highest BCUT2D eigenvalue weighted by atomic mass is 16.1. The molecule has 0 bridgehead atoms. The third-order valence-corrected chi connectivity index (χ3v) is 2.31. The molecule has 1 heterocycles. The van der Waals surface area contributed by atoms with Crippen molar-refractivity contribution < 1.29 is 4.79 Å². The Balaban J connectivity index is 1.96. The van der Waals surface area contributed by atoms with Gasteiger partial charge in [-0.2, -0.15) is 0 Å². The molecule has 0 unspecified atom stereocenters. The molecule has 0 saturated carbocycles. The number of nitrogens with zero attached hydrogens (tertiary/aromatic N) is 1. The zero-order chi connectivity index (χ0) is 12.1. The van der Waals surface area contributed by atoms with Crippen LogP contribution in [0.1, 0.15) is 5.56 Å². The Bertz CT molecular complexity index is 494. The highest BCUT2D eigenvalue weighted by Crippen LogP contribution is 2.08. The van der Waals surface area contributed by atoms with E-state index in [0.717, 1.165) is 11.3 Å². The van der Waals surface area contributed by atoms with Gasteiger partial charge in [-0.15, -0.1) is 0 Å². The van der Waals surface area contributed by atoms with Crippen molar-refractivity contribution in [1.82, 2.24) is 4.98 Å². The van der Waals surface area contributed by atoms with Crippen LogP contribution >= 0.6 is 0 Å². The number of aromatic nitrogens is 1. The normalized spacial score (nSPS) is 9.88. The second kappa shape index (κ2) is 5.12. The fourth-order valence-corrected chi connectivity index (χ4v) is 1.46. The maximum Gasteiger partial charge on any atom is 0.228 e. The maximum atomic E-state index is 11.7. The van der Waals surface area contributed by atoms with Crippen molar-refractivity contribution in [1.29, 1.82) is 0 Å². The van der Waals surface area contributed by atoms with Crippen LogP contribution in [0.4, 0.5) is 11.4 Å². The van der Waals surface area contributed by atoms with E-state index < -0.39 is 0 Å². The van der Waals surface area contributed by atoms with E-state index in [4.69, 9.17) is 5.73 Å². The molecule has 0 aliphatic carbocycles. The molecule has 1 aromatic heterocycles. The molecule has 1 amide bonds. The van der Waals surface area contributed by atoms with E-state index in [1.165, 1.54) is 0 Å². The minimum Gasteiger partial charge on any atom is -0.399 e. The molecule has 3 N–H and O–H groups in total. The minimum absolute atomic E-state index is 0.0547. The third kappa shape index (κ3) is 3.31. The van der Waals surface area contributed by atoms with Gasteiger partial charge in [-0.25, -0.2) is 0 Å². The first-order valence-corrected chi connectivity index (χ1v) is 5.28. The highest BCUT2D eigenvalue weighted by molar-refractivity contribution is 5.92. The summed E-state index contributed by atoms with van der Waals surface area (Å²) in [4.78, 5) is 15.6. The van der Waals surface area contributed by atoms with Gasteiger partial charge in [0.15, 0.2) is 0 Å². The van der Waals surface area contributed by atoms with Crippen LogP contribution in [0.25, 0.3) is 0 Å². The number of hydrogen-bond donors (Lipinski definition) is 2. The molecule has 0 radical (unpaired) electrons. The van der Waals surface area contributed by atoms with E-state index in [1.54, 1.807) is 36.7 Å². The fourth-order valence-electron chi connectivity index (χ4n) is 1.46. The Labute approximate surface area is 99.5 Å². The van der Waals surface area contributed by atoms with Gasteiger partial charge in [0, 0.05) is 23.8 Å². The molecule has 1 aromatic carbocycles. The number of carbonyl (C=O) groups is 1. The summed E-state index contributed by atoms with van der Waals surface area (Å²) in [6.07, 6.45) is 3.61. The van der Waals surface area contributed by atoms with Crippen molar-refractivity contribution >= 4 is 17.3 Å². The third-order valence-electron chi connectivity index (χ3n) is 2.31. The number of nitrogens with two attached hydrogens (primary N) is 1. The van der Waals surface area contributed by atoms with E-state index in [-0.39, 0.29) is 5.91 Å². The number of rotatable bonds is 3. The van der Waals surface area contributed by atoms with Gasteiger partial charge >= 0.3 is 0 Å². The molecule has 0 aliphatic rings. The number of carbonyl (C=O) groups excluding carboxylic acids is 1. The highest BCUT2D eigenvalue weighted by Gasteiger charge is 2.03. The van der Waals surface area contributed by atoms with Gasteiger partial charge in [0.2, 0.25) is 5.91 Å². The first-order valence-electron chi connectivity index (χ1n) is 5.28. The van der Waals surface area contributed by atoms with Crippen molar-refractivity contribution in [3.63, 3.8) is 0 Å². The van der Waals surface area contributed by atoms with Crippen molar-refractivity contribution in [2.45, 2.75) is 6.42 Å². The molecule has 0 fully saturated rings. The fraction of sp³-hybridized carbons (Fsp3) is 0.0769. The Morgan fingerprint density at radius 2 is 1.76 bits per heavy atom. The molecule has 0 spiro atoms. The molecule has 2 aromatic rings. The van der Waals surface area contributed by atoms with Crippen LogP contribution in [0.3, 0.4) is 0 Å². The monoisotopic (exact) mass is 227 g/mol. The van der Waals surface area contributed by atoms with E-state index in [0.29, 0.717) is 12.1 Å². The molecule has 2 rings (SSSR count). The Morgan fingerprint density at radius 3 is 2.41 bits per heavy atom. The zero-order valence-corrected chi connectivity index (χ0v) is 9.26. The van der Waals surface area contributed by atoms with Crippen molar-refractivity contribution in [2.24, 2.45) is 0 Å². The number of nitrogen functional groups attached to an aromatic ring is 1. The molecular formula is C13H13N3O. The van der Waals surface area contributed by atoms with Crippen molar-refractivity contribution in [3.8, 4) is 0 Å². The number of anilines is 2. The van der Waals surface area contributed by atoms with Crippen molar-refractivity contribution in [3.05, 3.63) is 54.4 Å². The lowest BCUT2D eigenvalue weighted by Gasteiger charge is -2.04. The average molecular weight is 227 g/mol. The smallest absolute Gasteiger partial charge is 0.228 e. The molecule has 86 valence electrons. The molecule has 4 heteroatoms. The van der Waals surface area contributed by atoms with E-state index >= 15 is 0 Å². The summed E-state index contributed by atoms with van der Waals surface area (Å²) in [7, 11) is 0. The van der Waals surface area contributed by atoms with E-state index in [2.05, 4.69) is 10.3 Å². The first kappa shape index (κ1) is 11.1. The molecule has 0 aliphatic heterocycles. The van der Waals surface area contributed by atoms with Crippen LogP contribution in [0.15, 0.2) is 48.8 Å². The lowest BCUT2D eigenvalue weighted by molar-refractivity contribution is -0.115. The second-order valence-corrected chi connectivity index (χ2v) is 3.70. The van der Waals surface area contributed by atoms with Crippen LogP contribution in [0.5, 0.6) is 0 Å². The van der Waals surface area contributed by atoms with Crippen LogP contribution in [-0.4, -0.2) is 10.9 Å². The largest absolute Gasteiger partial charge is 0.399 e. The molecule has 4 nitrogen and oxygen atoms in total. The van der Waals surface area contributed by atoms with Crippen LogP contribution in [-0.2, 0) is 11.2 Å². The average Bonchev–Trinajstić information content (AvgIpc) is 2.33. The lowest BCUT2D eigenvalue weighted by Crippen LogP contribution is -2.14. The van der Waals surface area contributed by atoms with Gasteiger partial charge in [-0.1, -0.05) is 12.1 Å². The second-order valence-electron chi connectivity index (χ2n) is 3.70. The number of hydrogen-bond acceptors (Lipinski definition) is 3. The zero-order valence-electron chi connectivity index (χ0n) is 9.26. The number of amides is 1. The number of benzene rings is 1. The quantitative estimate of drug-likeness (QED) is 0.786. The molecule has 0 saturated heterocycles. The van der Waals surface area contributed by atoms with Crippen molar-refractivity contribution in [2.75, 3.05) is 11.1 Å². The van der Waals surface area contributed by atoms with Gasteiger partial charge < -0.3 is 11.1 Å². The summed E-state index contributed by atoms with van der Waals surface area (Å²) in [6, 6.07) is 10.8. The van der Waals surface area contributed by atoms with Crippen LogP contribution in [0.2, 0.25) is 0 Å². The predicted octanol–water partition coefficient (Wildman–Crippen LogP) is 1.84. The van der Waals surface area contributed by atoms with Gasteiger partial charge in [0.05, 0.1) is 6.42 Å². The first-order chi connectivity index (χ1) is 8.24. The van der Waals surface area contributed by atoms with E-state index in [1.807, 2.05) is 12.1 Å². The summed E-state index contributed by atoms with van der Waals surface area (Å²) >= 11 is 0. The summed E-state index contributed by atoms with van der Waals surface area (Å²) in [5.41, 5.74) is 7.96. The molecule has 17 heavy (non-hydrogen) atoms. The maximum absolute atomic E-state index is 11.7. The van der Waals surface area contributed by atoms with Gasteiger partial charge in [-0.05, 0) is 29.8 Å². The summed E-state index contributed by atoms with van der Waals surface area (Å²) in [5, 5.41) is 2.79. The van der Waals surface area contributed by atoms with Crippen LogP contribution < -0.4 is 11.1 Å². The summed E-state index contributed by atoms with van der Waals surface area (Å²) in [5.74, 6) is -0.0547. The Hall–Kier alpha value is -2.36. The predicted molar refractivity (Wildman–Crippen MR) is 67.4 cm³/mol. The summed E-state index contributed by atoms with van der Waals surface area (Å²) in [6.45, 7) is 0. The topological polar surface area (TPSA) is 68.0 Å². The van der Waals surface area contributed by atoms with E-state index in [9.17, 15) is 4.79 Å². The van der Waals surface area contributed by atoms with Gasteiger partial charge in [-0.3, -0.25) is 9.78 Å². The summed E-state index contributed by atoms with van der Waals surface area (Å²) < 4.78 is 0. The van der Waals surface area contributed by atoms with Crippen LogP contribution in [0, 0.1) is 0 Å². The lowest BCUT2D eigenvalue weighted by atomic mass is 10.1.